The van der Waals surface area contributed by atoms with Gasteiger partial charge in [-0.05, 0) is 36.2 Å². The fourth-order valence-electron chi connectivity index (χ4n) is 3.99. The van der Waals surface area contributed by atoms with Gasteiger partial charge in [0.15, 0.2) is 5.76 Å². The van der Waals surface area contributed by atoms with Crippen molar-refractivity contribution in [2.75, 3.05) is 7.11 Å². The van der Waals surface area contributed by atoms with E-state index in [0.717, 1.165) is 37.9 Å². The highest BCUT2D eigenvalue weighted by Gasteiger charge is 2.16. The average Bonchev–Trinajstić information content (AvgIpc) is 3.59. The van der Waals surface area contributed by atoms with E-state index in [1.54, 1.807) is 11.6 Å². The van der Waals surface area contributed by atoms with Crippen LogP contribution in [0.3, 0.4) is 0 Å². The molecule has 6 aromatic rings. The molecule has 0 fully saturated rings. The molecule has 0 aliphatic carbocycles. The SMILES string of the molecule is COc1cc(OCc2cccc(OCc3ccccc3)c2)c2cc(-c3cn4nc(C)sc4n3)oc2c1. The predicted molar refractivity (Wildman–Crippen MR) is 139 cm³/mol. The Morgan fingerprint density at radius 3 is 2.56 bits per heavy atom. The summed E-state index contributed by atoms with van der Waals surface area (Å²) in [4.78, 5) is 5.48. The van der Waals surface area contributed by atoms with Gasteiger partial charge in [0.1, 0.15) is 46.7 Å². The van der Waals surface area contributed by atoms with Crippen molar-refractivity contribution >= 4 is 27.3 Å². The lowest BCUT2D eigenvalue weighted by Gasteiger charge is -2.11. The van der Waals surface area contributed by atoms with Crippen LogP contribution in [-0.4, -0.2) is 21.7 Å². The zero-order chi connectivity index (χ0) is 24.5. The van der Waals surface area contributed by atoms with Gasteiger partial charge in [0.05, 0.1) is 18.7 Å². The van der Waals surface area contributed by atoms with Gasteiger partial charge in [-0.1, -0.05) is 53.8 Å². The van der Waals surface area contributed by atoms with Crippen molar-refractivity contribution in [3.8, 4) is 28.7 Å². The number of methoxy groups -OCH3 is 1. The van der Waals surface area contributed by atoms with Crippen LogP contribution >= 0.6 is 11.3 Å². The summed E-state index contributed by atoms with van der Waals surface area (Å²) in [6.07, 6.45) is 1.87. The standard InChI is InChI=1S/C28H23N3O4S/c1-18-30-31-15-24(29-28(31)36-18)27-14-23-25(12-22(32-2)13-26(23)35-27)34-17-20-9-6-10-21(11-20)33-16-19-7-4-3-5-8-19/h3-15H,16-17H2,1-2H3. The molecule has 6 rings (SSSR count). The minimum Gasteiger partial charge on any atom is -0.496 e. The highest BCUT2D eigenvalue weighted by Crippen LogP contribution is 2.37. The number of rotatable bonds is 8. The van der Waals surface area contributed by atoms with Crippen molar-refractivity contribution < 1.29 is 18.6 Å². The monoisotopic (exact) mass is 497 g/mol. The number of fused-ring (bicyclic) bond motifs is 2. The van der Waals surface area contributed by atoms with Gasteiger partial charge in [0.25, 0.3) is 0 Å². The summed E-state index contributed by atoms with van der Waals surface area (Å²) >= 11 is 1.54. The topological polar surface area (TPSA) is 71.0 Å². The first-order valence-electron chi connectivity index (χ1n) is 11.5. The average molecular weight is 498 g/mol. The second-order valence-corrected chi connectivity index (χ2v) is 9.49. The van der Waals surface area contributed by atoms with Crippen molar-refractivity contribution in [2.24, 2.45) is 0 Å². The molecule has 8 heteroatoms. The van der Waals surface area contributed by atoms with E-state index >= 15 is 0 Å². The quantitative estimate of drug-likeness (QED) is 0.234. The van der Waals surface area contributed by atoms with Gasteiger partial charge in [-0.15, -0.1) is 0 Å². The van der Waals surface area contributed by atoms with Crippen LogP contribution in [0.5, 0.6) is 17.2 Å². The molecule has 7 nitrogen and oxygen atoms in total. The number of benzene rings is 3. The summed E-state index contributed by atoms with van der Waals surface area (Å²) in [5.41, 5.74) is 3.51. The molecule has 0 aliphatic heterocycles. The molecule has 36 heavy (non-hydrogen) atoms. The smallest absolute Gasteiger partial charge is 0.212 e. The normalized spacial score (nSPS) is 11.3. The molecule has 0 N–H and O–H groups in total. The Morgan fingerprint density at radius 1 is 0.889 bits per heavy atom. The first-order valence-corrected chi connectivity index (χ1v) is 12.3. The molecule has 0 atom stereocenters. The Balaban J connectivity index is 1.23. The number of hydrogen-bond acceptors (Lipinski definition) is 7. The summed E-state index contributed by atoms with van der Waals surface area (Å²) in [5, 5.41) is 6.25. The molecule has 180 valence electrons. The van der Waals surface area contributed by atoms with Crippen LogP contribution in [0.2, 0.25) is 0 Å². The van der Waals surface area contributed by atoms with Crippen LogP contribution < -0.4 is 14.2 Å². The molecule has 3 aromatic heterocycles. The van der Waals surface area contributed by atoms with E-state index in [4.69, 9.17) is 18.6 Å². The Morgan fingerprint density at radius 2 is 1.72 bits per heavy atom. The Kier molecular flexibility index (Phi) is 5.79. The number of nitrogens with zero attached hydrogens (tertiary/aromatic N) is 3. The van der Waals surface area contributed by atoms with Crippen LogP contribution in [0.25, 0.3) is 27.4 Å². The number of imidazole rings is 1. The van der Waals surface area contributed by atoms with E-state index < -0.39 is 0 Å². The Labute approximate surface area is 211 Å². The van der Waals surface area contributed by atoms with E-state index in [9.17, 15) is 0 Å². The molecule has 0 unspecified atom stereocenters. The molecule has 0 aliphatic rings. The lowest BCUT2D eigenvalue weighted by atomic mass is 10.2. The first kappa shape index (κ1) is 22.2. The van der Waals surface area contributed by atoms with Crippen LogP contribution in [0.1, 0.15) is 16.1 Å². The van der Waals surface area contributed by atoms with Crippen molar-refractivity contribution in [3.63, 3.8) is 0 Å². The fraction of sp³-hybridized carbons (Fsp3) is 0.143. The molecule has 0 amide bonds. The number of hydrogen-bond donors (Lipinski definition) is 0. The van der Waals surface area contributed by atoms with Gasteiger partial charge < -0.3 is 18.6 Å². The maximum atomic E-state index is 6.24. The van der Waals surface area contributed by atoms with Crippen molar-refractivity contribution in [3.05, 3.63) is 95.1 Å². The van der Waals surface area contributed by atoms with Crippen LogP contribution in [0.15, 0.2) is 83.4 Å². The van der Waals surface area contributed by atoms with Crippen molar-refractivity contribution in [1.29, 1.82) is 0 Å². The lowest BCUT2D eigenvalue weighted by molar-refractivity contribution is 0.296. The van der Waals surface area contributed by atoms with Crippen LogP contribution in [0.4, 0.5) is 0 Å². The van der Waals surface area contributed by atoms with Gasteiger partial charge in [0.2, 0.25) is 4.96 Å². The van der Waals surface area contributed by atoms with E-state index in [-0.39, 0.29) is 0 Å². The van der Waals surface area contributed by atoms with Crippen molar-refractivity contribution in [2.45, 2.75) is 20.1 Å². The predicted octanol–water partition coefficient (Wildman–Crippen LogP) is 6.68. The largest absolute Gasteiger partial charge is 0.496 e. The fourth-order valence-corrected chi connectivity index (χ4v) is 4.72. The molecule has 0 saturated carbocycles. The van der Waals surface area contributed by atoms with E-state index in [0.29, 0.717) is 36.1 Å². The number of ether oxygens (including phenoxy) is 3. The third kappa shape index (κ3) is 4.50. The summed E-state index contributed by atoms with van der Waals surface area (Å²) < 4.78 is 25.6. The van der Waals surface area contributed by atoms with Crippen LogP contribution in [0, 0.1) is 6.92 Å². The molecule has 3 heterocycles. The number of aryl methyl sites for hydroxylation is 1. The van der Waals surface area contributed by atoms with E-state index in [1.807, 2.05) is 85.9 Å². The van der Waals surface area contributed by atoms with Crippen LogP contribution in [-0.2, 0) is 13.2 Å². The molecule has 0 saturated heterocycles. The zero-order valence-electron chi connectivity index (χ0n) is 19.8. The number of furan rings is 1. The van der Waals surface area contributed by atoms with Gasteiger partial charge in [-0.25, -0.2) is 9.50 Å². The molecule has 3 aromatic carbocycles. The van der Waals surface area contributed by atoms with E-state index in [2.05, 4.69) is 10.1 Å². The molecule has 0 radical (unpaired) electrons. The second-order valence-electron chi connectivity index (χ2n) is 8.33. The second kappa shape index (κ2) is 9.39. The maximum Gasteiger partial charge on any atom is 0.212 e. The number of aromatic nitrogens is 3. The lowest BCUT2D eigenvalue weighted by Crippen LogP contribution is -1.99. The zero-order valence-corrected chi connectivity index (χ0v) is 20.6. The maximum absolute atomic E-state index is 6.24. The van der Waals surface area contributed by atoms with Gasteiger partial charge in [0, 0.05) is 12.1 Å². The van der Waals surface area contributed by atoms with Crippen molar-refractivity contribution in [1.82, 2.24) is 14.6 Å². The summed E-state index contributed by atoms with van der Waals surface area (Å²) in [5.74, 6) is 2.77. The van der Waals surface area contributed by atoms with E-state index in [1.165, 1.54) is 11.3 Å². The Hall–Kier alpha value is -4.30. The third-order valence-corrected chi connectivity index (χ3v) is 6.58. The van der Waals surface area contributed by atoms with Gasteiger partial charge >= 0.3 is 0 Å². The third-order valence-electron chi connectivity index (χ3n) is 5.75. The molecular formula is C28H23N3O4S. The minimum atomic E-state index is 0.370. The molecular weight excluding hydrogens is 474 g/mol. The summed E-state index contributed by atoms with van der Waals surface area (Å²) in [7, 11) is 1.62. The summed E-state index contributed by atoms with van der Waals surface area (Å²) in [6.45, 7) is 2.84. The highest BCUT2D eigenvalue weighted by atomic mass is 32.1. The minimum absolute atomic E-state index is 0.370. The highest BCUT2D eigenvalue weighted by molar-refractivity contribution is 7.16. The summed E-state index contributed by atoms with van der Waals surface area (Å²) in [6, 6.07) is 23.7. The Bertz CT molecular complexity index is 1620. The molecule has 0 spiro atoms. The van der Waals surface area contributed by atoms with Gasteiger partial charge in [-0.2, -0.15) is 5.10 Å². The first-order chi connectivity index (χ1) is 17.6. The van der Waals surface area contributed by atoms with Gasteiger partial charge in [-0.3, -0.25) is 0 Å². The molecule has 0 bridgehead atoms.